The van der Waals surface area contributed by atoms with Crippen LogP contribution in [-0.4, -0.2) is 23.6 Å². The minimum Gasteiger partial charge on any atom is -0.484 e. The van der Waals surface area contributed by atoms with Gasteiger partial charge in [0.25, 0.3) is 11.1 Å². The van der Waals surface area contributed by atoms with E-state index in [1.165, 1.54) is 12.1 Å². The third kappa shape index (κ3) is 5.61. The SMILES string of the molecule is NC(=O)COc1ccc(/C=C2/SC(=O)NC2=Nc2cccc(C(F)(F)F)c2)cc1. The lowest BCUT2D eigenvalue weighted by Gasteiger charge is -2.07. The zero-order valence-corrected chi connectivity index (χ0v) is 15.5. The number of nitrogens with zero attached hydrogens (tertiary/aromatic N) is 1. The normalized spacial score (nSPS) is 16.9. The van der Waals surface area contributed by atoms with Crippen LogP contribution in [0, 0.1) is 0 Å². The number of carbonyl (C=O) groups excluding carboxylic acids is 2. The Labute approximate surface area is 167 Å². The minimum atomic E-state index is -4.49. The number of rotatable bonds is 5. The topological polar surface area (TPSA) is 93.8 Å². The Hall–Kier alpha value is -3.27. The van der Waals surface area contributed by atoms with Gasteiger partial charge in [0.1, 0.15) is 11.6 Å². The highest BCUT2D eigenvalue weighted by atomic mass is 32.2. The Morgan fingerprint density at radius 2 is 1.93 bits per heavy atom. The van der Waals surface area contributed by atoms with Crippen molar-refractivity contribution in [3.63, 3.8) is 0 Å². The van der Waals surface area contributed by atoms with Gasteiger partial charge in [0.15, 0.2) is 6.61 Å². The van der Waals surface area contributed by atoms with Crippen molar-refractivity contribution < 1.29 is 27.5 Å². The fourth-order valence-corrected chi connectivity index (χ4v) is 3.10. The van der Waals surface area contributed by atoms with Crippen molar-refractivity contribution in [2.45, 2.75) is 6.18 Å². The van der Waals surface area contributed by atoms with Crippen LogP contribution < -0.4 is 15.8 Å². The van der Waals surface area contributed by atoms with Crippen LogP contribution in [0.3, 0.4) is 0 Å². The number of ether oxygens (including phenoxy) is 1. The number of halogens is 3. The number of amidine groups is 1. The Balaban J connectivity index is 1.84. The lowest BCUT2D eigenvalue weighted by atomic mass is 10.2. The fraction of sp³-hybridized carbons (Fsp3) is 0.105. The van der Waals surface area contributed by atoms with Crippen LogP contribution >= 0.6 is 11.8 Å². The van der Waals surface area contributed by atoms with Crippen LogP contribution in [0.15, 0.2) is 58.4 Å². The van der Waals surface area contributed by atoms with Crippen LogP contribution in [0.5, 0.6) is 5.75 Å². The van der Waals surface area contributed by atoms with E-state index >= 15 is 0 Å². The first-order valence-corrected chi connectivity index (χ1v) is 9.00. The lowest BCUT2D eigenvalue weighted by Crippen LogP contribution is -2.19. The molecule has 0 saturated carbocycles. The van der Waals surface area contributed by atoms with Crippen molar-refractivity contribution >= 4 is 40.5 Å². The summed E-state index contributed by atoms with van der Waals surface area (Å²) in [5.41, 5.74) is 4.96. The van der Waals surface area contributed by atoms with Gasteiger partial charge < -0.3 is 15.8 Å². The van der Waals surface area contributed by atoms with Gasteiger partial charge in [-0.15, -0.1) is 0 Å². The van der Waals surface area contributed by atoms with Gasteiger partial charge in [0.05, 0.1) is 16.2 Å². The number of alkyl halides is 3. The molecule has 0 unspecified atom stereocenters. The van der Waals surface area contributed by atoms with Crippen molar-refractivity contribution in [1.29, 1.82) is 0 Å². The van der Waals surface area contributed by atoms with Gasteiger partial charge in [-0.3, -0.25) is 9.59 Å². The molecule has 1 aliphatic rings. The Kier molecular flexibility index (Phi) is 5.92. The molecule has 2 amide bonds. The summed E-state index contributed by atoms with van der Waals surface area (Å²) in [5, 5.41) is 2.14. The highest BCUT2D eigenvalue weighted by Gasteiger charge is 2.30. The smallest absolute Gasteiger partial charge is 0.416 e. The van der Waals surface area contributed by atoms with E-state index in [-0.39, 0.29) is 23.4 Å². The molecule has 6 nitrogen and oxygen atoms in total. The number of amides is 2. The third-order valence-corrected chi connectivity index (χ3v) is 4.45. The van der Waals surface area contributed by atoms with E-state index in [2.05, 4.69) is 10.3 Å². The second-order valence-electron chi connectivity index (χ2n) is 5.86. The molecule has 2 aromatic carbocycles. The van der Waals surface area contributed by atoms with E-state index in [4.69, 9.17) is 10.5 Å². The quantitative estimate of drug-likeness (QED) is 0.760. The average molecular weight is 421 g/mol. The molecule has 1 saturated heterocycles. The first-order chi connectivity index (χ1) is 13.7. The molecule has 0 aliphatic carbocycles. The molecule has 0 spiro atoms. The van der Waals surface area contributed by atoms with E-state index < -0.39 is 17.6 Å². The monoisotopic (exact) mass is 421 g/mol. The summed E-state index contributed by atoms with van der Waals surface area (Å²) >= 11 is 0.881. The van der Waals surface area contributed by atoms with E-state index in [0.29, 0.717) is 16.2 Å². The van der Waals surface area contributed by atoms with Crippen molar-refractivity contribution in [3.05, 3.63) is 64.6 Å². The van der Waals surface area contributed by atoms with Gasteiger partial charge >= 0.3 is 6.18 Å². The number of nitrogens with one attached hydrogen (secondary N) is 1. The van der Waals surface area contributed by atoms with Crippen LogP contribution in [-0.2, 0) is 11.0 Å². The molecule has 10 heteroatoms. The summed E-state index contributed by atoms with van der Waals surface area (Å²) in [7, 11) is 0. The van der Waals surface area contributed by atoms with Gasteiger partial charge in [0.2, 0.25) is 0 Å². The molecular weight excluding hydrogens is 407 g/mol. The highest BCUT2D eigenvalue weighted by molar-refractivity contribution is 8.18. The van der Waals surface area contributed by atoms with Gasteiger partial charge in [-0.2, -0.15) is 13.2 Å². The molecule has 0 bridgehead atoms. The molecule has 0 aromatic heterocycles. The molecule has 0 atom stereocenters. The predicted octanol–water partition coefficient (Wildman–Crippen LogP) is 4.10. The summed E-state index contributed by atoms with van der Waals surface area (Å²) in [6, 6.07) is 11.1. The van der Waals surface area contributed by atoms with E-state index in [1.54, 1.807) is 30.3 Å². The standard InChI is InChI=1S/C19H14F3N3O3S/c20-19(21,22)12-2-1-3-13(9-12)24-17-15(29-18(27)25-17)8-11-4-6-14(7-5-11)28-10-16(23)26/h1-9H,10H2,(H2,23,26)(H,24,25,27)/b15-8+. The molecule has 1 heterocycles. The fourth-order valence-electron chi connectivity index (χ4n) is 2.36. The average Bonchev–Trinajstić information content (AvgIpc) is 2.99. The van der Waals surface area contributed by atoms with Gasteiger partial charge in [0, 0.05) is 0 Å². The van der Waals surface area contributed by atoms with Crippen molar-refractivity contribution in [1.82, 2.24) is 5.32 Å². The molecule has 3 N–H and O–H groups in total. The molecule has 1 aliphatic heterocycles. The van der Waals surface area contributed by atoms with Crippen LogP contribution in [0.4, 0.5) is 23.7 Å². The number of nitrogens with two attached hydrogens (primary N) is 1. The predicted molar refractivity (Wildman–Crippen MR) is 104 cm³/mol. The highest BCUT2D eigenvalue weighted by Crippen LogP contribution is 2.33. The van der Waals surface area contributed by atoms with E-state index in [0.717, 1.165) is 23.9 Å². The van der Waals surface area contributed by atoms with E-state index in [9.17, 15) is 22.8 Å². The van der Waals surface area contributed by atoms with Gasteiger partial charge in [-0.1, -0.05) is 18.2 Å². The maximum absolute atomic E-state index is 12.9. The number of primary amides is 1. The maximum atomic E-state index is 12.9. The summed E-state index contributed by atoms with van der Waals surface area (Å²) in [5.74, 6) is 0.00375. The molecular formula is C19H14F3N3O3S. The summed E-state index contributed by atoms with van der Waals surface area (Å²) in [4.78, 5) is 27.1. The van der Waals surface area contributed by atoms with Gasteiger partial charge in [-0.05, 0) is 53.7 Å². The molecule has 150 valence electrons. The molecule has 0 radical (unpaired) electrons. The number of hydrogen-bond acceptors (Lipinski definition) is 5. The summed E-state index contributed by atoms with van der Waals surface area (Å²) in [6.45, 7) is -0.248. The van der Waals surface area contributed by atoms with Crippen molar-refractivity contribution in [2.75, 3.05) is 6.61 Å². The lowest BCUT2D eigenvalue weighted by molar-refractivity contribution is -0.137. The van der Waals surface area contributed by atoms with Crippen LogP contribution in [0.25, 0.3) is 6.08 Å². The molecule has 29 heavy (non-hydrogen) atoms. The number of aliphatic imine (C=N–C) groups is 1. The first-order valence-electron chi connectivity index (χ1n) is 8.19. The van der Waals surface area contributed by atoms with Crippen LogP contribution in [0.2, 0.25) is 0 Å². The van der Waals surface area contributed by atoms with Gasteiger partial charge in [-0.25, -0.2) is 4.99 Å². The molecule has 3 rings (SSSR count). The summed E-state index contributed by atoms with van der Waals surface area (Å²) in [6.07, 6.45) is -2.83. The second-order valence-corrected chi connectivity index (χ2v) is 6.87. The van der Waals surface area contributed by atoms with E-state index in [1.807, 2.05) is 0 Å². The summed E-state index contributed by atoms with van der Waals surface area (Å²) < 4.78 is 43.8. The number of benzene rings is 2. The number of hydrogen-bond donors (Lipinski definition) is 2. The third-order valence-electron chi connectivity index (χ3n) is 3.63. The minimum absolute atomic E-state index is 0.0683. The first kappa shape index (κ1) is 20.5. The van der Waals surface area contributed by atoms with Crippen molar-refractivity contribution in [2.24, 2.45) is 10.7 Å². The number of carbonyl (C=O) groups is 2. The zero-order valence-electron chi connectivity index (χ0n) is 14.7. The largest absolute Gasteiger partial charge is 0.484 e. The Morgan fingerprint density at radius 1 is 1.21 bits per heavy atom. The van der Waals surface area contributed by atoms with Crippen LogP contribution in [0.1, 0.15) is 11.1 Å². The second kappa shape index (κ2) is 8.39. The molecule has 2 aromatic rings. The Morgan fingerprint density at radius 3 is 2.59 bits per heavy atom. The van der Waals surface area contributed by atoms with Crippen molar-refractivity contribution in [3.8, 4) is 5.75 Å². The zero-order chi connectivity index (χ0) is 21.0. The number of thioether (sulfide) groups is 1. The maximum Gasteiger partial charge on any atom is 0.416 e. The molecule has 1 fully saturated rings. The Bertz CT molecular complexity index is 1000.